The van der Waals surface area contributed by atoms with Crippen molar-refractivity contribution in [1.29, 1.82) is 0 Å². The molecule has 1 aromatic rings. The van der Waals surface area contributed by atoms with Crippen molar-refractivity contribution in [3.63, 3.8) is 0 Å². The van der Waals surface area contributed by atoms with Crippen LogP contribution in [-0.4, -0.2) is 60.8 Å². The fraction of sp³-hybridized carbons (Fsp3) is 0.591. The third kappa shape index (κ3) is 6.11. The van der Waals surface area contributed by atoms with Gasteiger partial charge in [-0.3, -0.25) is 14.4 Å². The minimum absolute atomic E-state index is 0.0911. The van der Waals surface area contributed by atoms with Crippen LogP contribution in [0.5, 0.6) is 5.75 Å². The van der Waals surface area contributed by atoms with E-state index in [9.17, 15) is 14.4 Å². The number of rotatable bonds is 8. The number of hydrogen-bond donors (Lipinski definition) is 1. The Bertz CT molecular complexity index is 786. The SMILES string of the molecule is COc1ccc(Cl)cc1NC(=O)CC[C@@H]1CCCN(C(=O)CCN2CCCC2=O)C1. The molecule has 2 heterocycles. The predicted molar refractivity (Wildman–Crippen MR) is 116 cm³/mol. The molecule has 7 nitrogen and oxygen atoms in total. The van der Waals surface area contributed by atoms with Crippen molar-refractivity contribution >= 4 is 35.0 Å². The average molecular weight is 436 g/mol. The lowest BCUT2D eigenvalue weighted by Gasteiger charge is -2.33. The highest BCUT2D eigenvalue weighted by atomic mass is 35.5. The standard InChI is InChI=1S/C22H30ClN3O4/c1-30-19-8-7-17(23)14-18(19)24-20(27)9-6-16-4-2-12-26(15-16)22(29)10-13-25-11-3-5-21(25)28/h7-8,14,16H,2-6,9-13,15H2,1H3,(H,24,27)/t16-/m0/s1. The zero-order valence-electron chi connectivity index (χ0n) is 17.5. The fourth-order valence-electron chi connectivity index (χ4n) is 4.18. The summed E-state index contributed by atoms with van der Waals surface area (Å²) in [7, 11) is 1.55. The van der Waals surface area contributed by atoms with Gasteiger partial charge in [0.25, 0.3) is 0 Å². The number of halogens is 1. The Kier molecular flexibility index (Phi) is 7.96. The van der Waals surface area contributed by atoms with Crippen molar-refractivity contribution in [2.45, 2.75) is 44.9 Å². The molecule has 1 atom stereocenters. The summed E-state index contributed by atoms with van der Waals surface area (Å²) >= 11 is 6.01. The number of amides is 3. The van der Waals surface area contributed by atoms with Crippen LogP contribution >= 0.6 is 11.6 Å². The smallest absolute Gasteiger partial charge is 0.224 e. The van der Waals surface area contributed by atoms with Crippen molar-refractivity contribution in [2.24, 2.45) is 5.92 Å². The number of likely N-dealkylation sites (tertiary alicyclic amines) is 2. The van der Waals surface area contributed by atoms with Crippen molar-refractivity contribution in [3.8, 4) is 5.75 Å². The lowest BCUT2D eigenvalue weighted by molar-refractivity contribution is -0.134. The molecule has 1 aromatic carbocycles. The van der Waals surface area contributed by atoms with Crippen LogP contribution in [0.15, 0.2) is 18.2 Å². The van der Waals surface area contributed by atoms with Crippen molar-refractivity contribution in [2.75, 3.05) is 38.6 Å². The molecule has 0 aromatic heterocycles. The Hall–Kier alpha value is -2.28. The lowest BCUT2D eigenvalue weighted by Crippen LogP contribution is -2.41. The molecule has 2 saturated heterocycles. The highest BCUT2D eigenvalue weighted by Gasteiger charge is 2.26. The Morgan fingerprint density at radius 2 is 2.07 bits per heavy atom. The number of methoxy groups -OCH3 is 1. The zero-order valence-corrected chi connectivity index (χ0v) is 18.2. The minimum atomic E-state index is -0.0911. The molecule has 1 N–H and O–H groups in total. The molecule has 0 unspecified atom stereocenters. The van der Waals surface area contributed by atoms with Crippen LogP contribution in [0.1, 0.15) is 44.9 Å². The molecular weight excluding hydrogens is 406 g/mol. The minimum Gasteiger partial charge on any atom is -0.495 e. The van der Waals surface area contributed by atoms with Gasteiger partial charge in [0, 0.05) is 50.5 Å². The van der Waals surface area contributed by atoms with E-state index in [1.807, 2.05) is 4.90 Å². The van der Waals surface area contributed by atoms with E-state index in [0.29, 0.717) is 54.7 Å². The first-order valence-electron chi connectivity index (χ1n) is 10.6. The van der Waals surface area contributed by atoms with Gasteiger partial charge in [-0.15, -0.1) is 0 Å². The van der Waals surface area contributed by atoms with Gasteiger partial charge in [0.2, 0.25) is 17.7 Å². The Labute approximate surface area is 182 Å². The molecule has 2 aliphatic heterocycles. The van der Waals surface area contributed by atoms with Gasteiger partial charge in [0.15, 0.2) is 0 Å². The number of carbonyl (C=O) groups excluding carboxylic acids is 3. The number of ether oxygens (including phenoxy) is 1. The molecule has 164 valence electrons. The van der Waals surface area contributed by atoms with E-state index in [2.05, 4.69) is 5.32 Å². The van der Waals surface area contributed by atoms with Gasteiger partial charge >= 0.3 is 0 Å². The van der Waals surface area contributed by atoms with E-state index >= 15 is 0 Å². The molecular formula is C22H30ClN3O4. The average Bonchev–Trinajstić information content (AvgIpc) is 3.15. The number of carbonyl (C=O) groups is 3. The first-order chi connectivity index (χ1) is 14.5. The number of piperidine rings is 1. The quantitative estimate of drug-likeness (QED) is 0.679. The monoisotopic (exact) mass is 435 g/mol. The van der Waals surface area contributed by atoms with Crippen LogP contribution in [0, 0.1) is 5.92 Å². The van der Waals surface area contributed by atoms with Gasteiger partial charge < -0.3 is 19.9 Å². The van der Waals surface area contributed by atoms with Crippen LogP contribution < -0.4 is 10.1 Å². The van der Waals surface area contributed by atoms with Gasteiger partial charge in [-0.05, 0) is 49.8 Å². The first kappa shape index (κ1) is 22.4. The van der Waals surface area contributed by atoms with Crippen molar-refractivity contribution in [1.82, 2.24) is 9.80 Å². The van der Waals surface area contributed by atoms with Gasteiger partial charge in [0.05, 0.1) is 12.8 Å². The van der Waals surface area contributed by atoms with Gasteiger partial charge in [-0.2, -0.15) is 0 Å². The third-order valence-electron chi connectivity index (χ3n) is 5.85. The fourth-order valence-corrected chi connectivity index (χ4v) is 4.35. The molecule has 3 rings (SSSR count). The Balaban J connectivity index is 1.43. The summed E-state index contributed by atoms with van der Waals surface area (Å²) in [6.45, 7) is 2.72. The summed E-state index contributed by atoms with van der Waals surface area (Å²) in [5.74, 6) is 1.04. The van der Waals surface area contributed by atoms with Crippen LogP contribution in [0.4, 0.5) is 5.69 Å². The third-order valence-corrected chi connectivity index (χ3v) is 6.09. The summed E-state index contributed by atoms with van der Waals surface area (Å²) in [5, 5.41) is 3.40. The molecule has 0 saturated carbocycles. The number of hydrogen-bond acceptors (Lipinski definition) is 4. The predicted octanol–water partition coefficient (Wildman–Crippen LogP) is 3.32. The van der Waals surface area contributed by atoms with E-state index in [0.717, 1.165) is 38.8 Å². The summed E-state index contributed by atoms with van der Waals surface area (Å²) in [6.07, 6.45) is 4.94. The van der Waals surface area contributed by atoms with Gasteiger partial charge in [-0.1, -0.05) is 11.6 Å². The van der Waals surface area contributed by atoms with Crippen LogP contribution in [0.2, 0.25) is 5.02 Å². The van der Waals surface area contributed by atoms with E-state index in [-0.39, 0.29) is 17.7 Å². The Morgan fingerprint density at radius 1 is 1.23 bits per heavy atom. The molecule has 2 fully saturated rings. The summed E-state index contributed by atoms with van der Waals surface area (Å²) in [6, 6.07) is 5.10. The largest absolute Gasteiger partial charge is 0.495 e. The van der Waals surface area contributed by atoms with Crippen LogP contribution in [0.3, 0.4) is 0 Å². The molecule has 0 bridgehead atoms. The molecule has 2 aliphatic rings. The maximum absolute atomic E-state index is 12.6. The second-order valence-corrected chi connectivity index (χ2v) is 8.45. The first-order valence-corrected chi connectivity index (χ1v) is 11.0. The Morgan fingerprint density at radius 3 is 2.80 bits per heavy atom. The molecule has 30 heavy (non-hydrogen) atoms. The summed E-state index contributed by atoms with van der Waals surface area (Å²) in [4.78, 5) is 40.4. The second kappa shape index (κ2) is 10.7. The maximum Gasteiger partial charge on any atom is 0.224 e. The van der Waals surface area contributed by atoms with Crippen molar-refractivity contribution < 1.29 is 19.1 Å². The van der Waals surface area contributed by atoms with Crippen molar-refractivity contribution in [3.05, 3.63) is 23.2 Å². The van der Waals surface area contributed by atoms with Gasteiger partial charge in [0.1, 0.15) is 5.75 Å². The normalized spacial score (nSPS) is 19.1. The van der Waals surface area contributed by atoms with Gasteiger partial charge in [-0.25, -0.2) is 0 Å². The molecule has 0 spiro atoms. The van der Waals surface area contributed by atoms with Crippen LogP contribution in [-0.2, 0) is 14.4 Å². The number of nitrogens with one attached hydrogen (secondary N) is 1. The van der Waals surface area contributed by atoms with E-state index < -0.39 is 0 Å². The highest BCUT2D eigenvalue weighted by Crippen LogP contribution is 2.28. The molecule has 3 amide bonds. The highest BCUT2D eigenvalue weighted by molar-refractivity contribution is 6.31. The second-order valence-electron chi connectivity index (χ2n) is 8.01. The number of benzene rings is 1. The maximum atomic E-state index is 12.6. The molecule has 8 heteroatoms. The summed E-state index contributed by atoms with van der Waals surface area (Å²) in [5.41, 5.74) is 0.562. The topological polar surface area (TPSA) is 79.0 Å². The van der Waals surface area contributed by atoms with E-state index in [4.69, 9.17) is 16.3 Å². The lowest BCUT2D eigenvalue weighted by atomic mass is 9.93. The van der Waals surface area contributed by atoms with E-state index in [1.54, 1.807) is 30.2 Å². The zero-order chi connectivity index (χ0) is 21.5. The number of nitrogens with zero attached hydrogens (tertiary/aromatic N) is 2. The molecule has 0 aliphatic carbocycles. The van der Waals surface area contributed by atoms with Crippen LogP contribution in [0.25, 0.3) is 0 Å². The van der Waals surface area contributed by atoms with E-state index in [1.165, 1.54) is 0 Å². The summed E-state index contributed by atoms with van der Waals surface area (Å²) < 4.78 is 5.26. The number of anilines is 1. The molecule has 0 radical (unpaired) electrons.